The van der Waals surface area contributed by atoms with Crippen molar-refractivity contribution in [2.45, 2.75) is 155 Å². The minimum atomic E-state index is -0.701. The summed E-state index contributed by atoms with van der Waals surface area (Å²) in [5.41, 5.74) is 0. The molecule has 0 fully saturated rings. The highest BCUT2D eigenvalue weighted by molar-refractivity contribution is 5.72. The van der Waals surface area contributed by atoms with Crippen molar-refractivity contribution in [1.82, 2.24) is 0 Å². The van der Waals surface area contributed by atoms with E-state index in [2.05, 4.69) is 19.1 Å². The van der Waals surface area contributed by atoms with Crippen LogP contribution in [0.3, 0.4) is 0 Å². The van der Waals surface area contributed by atoms with Gasteiger partial charge in [-0.2, -0.15) is 0 Å². The van der Waals surface area contributed by atoms with Crippen molar-refractivity contribution in [3.05, 3.63) is 12.2 Å². The third-order valence-corrected chi connectivity index (χ3v) is 6.54. The molecular weight excluding hydrogens is 424 g/mol. The summed E-state index contributed by atoms with van der Waals surface area (Å²) in [4.78, 5) is 23.0. The van der Waals surface area contributed by atoms with Gasteiger partial charge < -0.3 is 9.84 Å². The van der Waals surface area contributed by atoms with Crippen molar-refractivity contribution in [3.63, 3.8) is 0 Å². The Morgan fingerprint density at radius 2 is 1.12 bits per heavy atom. The number of carboxylic acids is 1. The lowest BCUT2D eigenvalue weighted by Crippen LogP contribution is -2.18. The Bertz CT molecular complexity index is 486. The quantitative estimate of drug-likeness (QED) is 0.0760. The molecule has 4 nitrogen and oxygen atoms in total. The summed E-state index contributed by atoms with van der Waals surface area (Å²) in [6, 6.07) is 0. The average Bonchev–Trinajstić information content (AvgIpc) is 2.82. The fourth-order valence-corrected chi connectivity index (χ4v) is 4.36. The second-order valence-corrected chi connectivity index (χ2v) is 9.94. The maximum Gasteiger partial charge on any atom is 0.308 e. The third kappa shape index (κ3) is 23.8. The van der Waals surface area contributed by atoms with E-state index in [-0.39, 0.29) is 18.3 Å². The molecule has 0 amide bonds. The fourth-order valence-electron chi connectivity index (χ4n) is 4.36. The van der Waals surface area contributed by atoms with Gasteiger partial charge in [-0.1, -0.05) is 109 Å². The number of rotatable bonds is 26. The van der Waals surface area contributed by atoms with Gasteiger partial charge in [0.15, 0.2) is 0 Å². The summed E-state index contributed by atoms with van der Waals surface area (Å²) in [7, 11) is 0. The number of aliphatic carboxylic acids is 1. The molecule has 0 aliphatic rings. The van der Waals surface area contributed by atoms with Gasteiger partial charge in [0.05, 0.1) is 12.5 Å². The van der Waals surface area contributed by atoms with Crippen molar-refractivity contribution in [2.75, 3.05) is 6.61 Å². The fraction of sp³-hybridized carbons (Fsp3) is 0.867. The normalized spacial score (nSPS) is 12.3. The molecule has 0 spiro atoms. The van der Waals surface area contributed by atoms with E-state index < -0.39 is 5.97 Å². The van der Waals surface area contributed by atoms with Gasteiger partial charge in [0.1, 0.15) is 0 Å². The monoisotopic (exact) mass is 480 g/mol. The highest BCUT2D eigenvalue weighted by Crippen LogP contribution is 2.21. The van der Waals surface area contributed by atoms with E-state index in [1.54, 1.807) is 0 Å². The van der Waals surface area contributed by atoms with Crippen LogP contribution in [0.5, 0.6) is 0 Å². The molecule has 0 aliphatic carbocycles. The predicted octanol–water partition coefficient (Wildman–Crippen LogP) is 9.41. The Morgan fingerprint density at radius 3 is 1.62 bits per heavy atom. The summed E-state index contributed by atoms with van der Waals surface area (Å²) in [6.07, 6.45) is 29.4. The number of carboxylic acid groups (broad SMARTS) is 1. The van der Waals surface area contributed by atoms with Crippen LogP contribution in [0.1, 0.15) is 155 Å². The van der Waals surface area contributed by atoms with E-state index in [1.165, 1.54) is 70.6 Å². The van der Waals surface area contributed by atoms with Crippen LogP contribution in [-0.4, -0.2) is 23.7 Å². The van der Waals surface area contributed by atoms with Gasteiger partial charge in [-0.15, -0.1) is 0 Å². The standard InChI is InChI=1S/C30H56O4/c1-3-5-6-7-8-9-10-11-12-13-14-15-18-21-24-28(30(33)34-27-4-2)25-22-19-16-17-20-23-26-29(31)32/h11-12,28H,3-10,13-27H2,1-2H3,(H,31,32). The average molecular weight is 481 g/mol. The highest BCUT2D eigenvalue weighted by Gasteiger charge is 2.19. The van der Waals surface area contributed by atoms with Crippen molar-refractivity contribution >= 4 is 11.9 Å². The van der Waals surface area contributed by atoms with Crippen LogP contribution in [0, 0.1) is 5.92 Å². The first-order chi connectivity index (χ1) is 16.6. The van der Waals surface area contributed by atoms with Gasteiger partial charge in [0, 0.05) is 6.42 Å². The van der Waals surface area contributed by atoms with Gasteiger partial charge >= 0.3 is 11.9 Å². The summed E-state index contributed by atoms with van der Waals surface area (Å²) in [5, 5.41) is 8.68. The molecule has 0 saturated carbocycles. The lowest BCUT2D eigenvalue weighted by atomic mass is 9.94. The zero-order chi connectivity index (χ0) is 25.1. The second-order valence-electron chi connectivity index (χ2n) is 9.94. The zero-order valence-electron chi connectivity index (χ0n) is 22.7. The Morgan fingerprint density at radius 1 is 0.647 bits per heavy atom. The van der Waals surface area contributed by atoms with Crippen LogP contribution < -0.4 is 0 Å². The molecule has 0 aliphatic heterocycles. The van der Waals surface area contributed by atoms with E-state index in [1.807, 2.05) is 6.92 Å². The van der Waals surface area contributed by atoms with E-state index in [9.17, 15) is 9.59 Å². The Hall–Kier alpha value is -1.32. The van der Waals surface area contributed by atoms with Crippen LogP contribution in [-0.2, 0) is 14.3 Å². The molecule has 200 valence electrons. The van der Waals surface area contributed by atoms with Crippen molar-refractivity contribution in [3.8, 4) is 0 Å². The Labute approximate surface area is 211 Å². The molecule has 1 N–H and O–H groups in total. The molecule has 4 heteroatoms. The zero-order valence-corrected chi connectivity index (χ0v) is 22.7. The van der Waals surface area contributed by atoms with Crippen LogP contribution in [0.4, 0.5) is 0 Å². The lowest BCUT2D eigenvalue weighted by Gasteiger charge is -2.16. The van der Waals surface area contributed by atoms with E-state index >= 15 is 0 Å². The minimum Gasteiger partial charge on any atom is -0.481 e. The van der Waals surface area contributed by atoms with E-state index in [4.69, 9.17) is 9.84 Å². The van der Waals surface area contributed by atoms with Gasteiger partial charge in [-0.3, -0.25) is 9.59 Å². The lowest BCUT2D eigenvalue weighted by molar-refractivity contribution is -0.149. The second kappa shape index (κ2) is 26.3. The SMILES string of the molecule is CCCCCCCCC=CCCCCCCC(CCCCCCCCC(=O)O)C(=O)OCCC. The molecule has 0 aromatic heterocycles. The number of carbonyl (C=O) groups excluding carboxylic acids is 1. The molecule has 34 heavy (non-hydrogen) atoms. The van der Waals surface area contributed by atoms with Crippen LogP contribution in [0.15, 0.2) is 12.2 Å². The maximum absolute atomic E-state index is 12.4. The number of ether oxygens (including phenoxy) is 1. The highest BCUT2D eigenvalue weighted by atomic mass is 16.5. The molecule has 0 saturated heterocycles. The summed E-state index contributed by atoms with van der Waals surface area (Å²) in [6.45, 7) is 4.83. The van der Waals surface area contributed by atoms with Gasteiger partial charge in [-0.05, 0) is 51.4 Å². The molecule has 1 atom stereocenters. The summed E-state index contributed by atoms with van der Waals surface area (Å²) < 4.78 is 5.45. The molecule has 0 rings (SSSR count). The number of hydrogen-bond donors (Lipinski definition) is 1. The smallest absolute Gasteiger partial charge is 0.308 e. The summed E-state index contributed by atoms with van der Waals surface area (Å²) in [5.74, 6) is -0.648. The Balaban J connectivity index is 3.83. The van der Waals surface area contributed by atoms with Crippen molar-refractivity contribution < 1.29 is 19.4 Å². The molecule has 0 aromatic carbocycles. The van der Waals surface area contributed by atoms with Crippen LogP contribution >= 0.6 is 0 Å². The minimum absolute atomic E-state index is 0.000866. The van der Waals surface area contributed by atoms with Gasteiger partial charge in [0.2, 0.25) is 0 Å². The number of hydrogen-bond acceptors (Lipinski definition) is 3. The number of carbonyl (C=O) groups is 2. The van der Waals surface area contributed by atoms with E-state index in [0.29, 0.717) is 6.61 Å². The maximum atomic E-state index is 12.4. The first-order valence-electron chi connectivity index (χ1n) is 14.6. The van der Waals surface area contributed by atoms with Crippen molar-refractivity contribution in [2.24, 2.45) is 5.92 Å². The molecule has 1 unspecified atom stereocenters. The molecule has 0 heterocycles. The topological polar surface area (TPSA) is 63.6 Å². The first kappa shape index (κ1) is 32.7. The number of esters is 1. The van der Waals surface area contributed by atoms with Crippen molar-refractivity contribution in [1.29, 1.82) is 0 Å². The number of allylic oxidation sites excluding steroid dienone is 2. The number of unbranched alkanes of at least 4 members (excludes halogenated alkanes) is 15. The van der Waals surface area contributed by atoms with E-state index in [0.717, 1.165) is 64.2 Å². The Kier molecular flexibility index (Phi) is 25.3. The molecular formula is C30H56O4. The van der Waals surface area contributed by atoms with Gasteiger partial charge in [-0.25, -0.2) is 0 Å². The summed E-state index contributed by atoms with van der Waals surface area (Å²) >= 11 is 0. The molecule has 0 aromatic rings. The van der Waals surface area contributed by atoms with Gasteiger partial charge in [0.25, 0.3) is 0 Å². The third-order valence-electron chi connectivity index (χ3n) is 6.54. The first-order valence-corrected chi connectivity index (χ1v) is 14.6. The molecule has 0 bridgehead atoms. The molecule has 0 radical (unpaired) electrons. The predicted molar refractivity (Wildman–Crippen MR) is 144 cm³/mol. The largest absolute Gasteiger partial charge is 0.481 e. The van der Waals surface area contributed by atoms with Crippen LogP contribution in [0.25, 0.3) is 0 Å². The van der Waals surface area contributed by atoms with Crippen LogP contribution in [0.2, 0.25) is 0 Å².